The van der Waals surface area contributed by atoms with Gasteiger partial charge in [0.05, 0.1) is 24.4 Å². The number of aliphatic hydroxyl groups excluding tert-OH is 1. The van der Waals surface area contributed by atoms with Gasteiger partial charge in [0.25, 0.3) is 0 Å². The van der Waals surface area contributed by atoms with Crippen LogP contribution < -0.4 is 0 Å². The number of hydrogen-bond acceptors (Lipinski definition) is 5. The first-order valence-corrected chi connectivity index (χ1v) is 9.65. The zero-order valence-corrected chi connectivity index (χ0v) is 15.4. The summed E-state index contributed by atoms with van der Waals surface area (Å²) in [4.78, 5) is 27.3. The topological polar surface area (TPSA) is 79.3 Å². The van der Waals surface area contributed by atoms with Gasteiger partial charge < -0.3 is 19.5 Å². The van der Waals surface area contributed by atoms with Gasteiger partial charge in [-0.3, -0.25) is 9.69 Å². The van der Waals surface area contributed by atoms with Crippen LogP contribution in [0, 0.1) is 0 Å². The molecule has 3 aliphatic rings. The maximum Gasteiger partial charge on any atom is 0.410 e. The largest absolute Gasteiger partial charge is 0.448 e. The number of piperidine rings is 1. The molecular weight excluding hydrogens is 348 g/mol. The number of nitrogens with zero attached hydrogens (tertiary/aromatic N) is 2. The normalized spacial score (nSPS) is 27.7. The standard InChI is InChI=1S/C20H26N2O5/c23-16-12-17(15-4-2-1-3-5-15)27-20(13-16)6-8-21(9-7-20)18(24)14-22-10-11-26-19(22)25/h1-5,16-17,23H,6-14H2/t16-,17-/m1/s1. The van der Waals surface area contributed by atoms with E-state index in [0.717, 1.165) is 5.56 Å². The first-order valence-electron chi connectivity index (χ1n) is 9.65. The third-order valence-electron chi connectivity index (χ3n) is 5.86. The summed E-state index contributed by atoms with van der Waals surface area (Å²) in [6.07, 6.45) is 1.68. The van der Waals surface area contributed by atoms with E-state index in [4.69, 9.17) is 9.47 Å². The molecule has 7 nitrogen and oxygen atoms in total. The number of aliphatic hydroxyl groups is 1. The average Bonchev–Trinajstić information content (AvgIpc) is 3.07. The number of ether oxygens (including phenoxy) is 2. The van der Waals surface area contributed by atoms with Gasteiger partial charge in [-0.15, -0.1) is 0 Å². The fourth-order valence-electron chi connectivity index (χ4n) is 4.35. The lowest BCUT2D eigenvalue weighted by atomic mass is 9.81. The van der Waals surface area contributed by atoms with Gasteiger partial charge in [0.1, 0.15) is 13.2 Å². The number of carbonyl (C=O) groups is 2. The molecule has 0 bridgehead atoms. The molecule has 2 amide bonds. The van der Waals surface area contributed by atoms with Gasteiger partial charge in [0.2, 0.25) is 5.91 Å². The van der Waals surface area contributed by atoms with Gasteiger partial charge in [-0.1, -0.05) is 30.3 Å². The van der Waals surface area contributed by atoms with Gasteiger partial charge in [0.15, 0.2) is 0 Å². The molecule has 3 heterocycles. The van der Waals surface area contributed by atoms with Crippen LogP contribution >= 0.6 is 0 Å². The number of cyclic esters (lactones) is 1. The third-order valence-corrected chi connectivity index (χ3v) is 5.86. The monoisotopic (exact) mass is 374 g/mol. The number of amides is 2. The van der Waals surface area contributed by atoms with Crippen molar-refractivity contribution >= 4 is 12.0 Å². The molecule has 3 aliphatic heterocycles. The number of carbonyl (C=O) groups excluding carboxylic acids is 2. The van der Waals surface area contributed by atoms with Crippen LogP contribution in [0.15, 0.2) is 30.3 Å². The van der Waals surface area contributed by atoms with Crippen molar-refractivity contribution in [3.63, 3.8) is 0 Å². The van der Waals surface area contributed by atoms with Crippen molar-refractivity contribution in [2.75, 3.05) is 32.8 Å². The van der Waals surface area contributed by atoms with E-state index < -0.39 is 12.2 Å². The summed E-state index contributed by atoms with van der Waals surface area (Å²) in [5.41, 5.74) is 0.698. The molecule has 0 radical (unpaired) electrons. The number of likely N-dealkylation sites (tertiary alicyclic amines) is 1. The fraction of sp³-hybridized carbons (Fsp3) is 0.600. The first kappa shape index (κ1) is 18.3. The zero-order valence-electron chi connectivity index (χ0n) is 15.4. The predicted molar refractivity (Wildman–Crippen MR) is 97.0 cm³/mol. The van der Waals surface area contributed by atoms with Crippen LogP contribution in [0.4, 0.5) is 4.79 Å². The quantitative estimate of drug-likeness (QED) is 0.871. The van der Waals surface area contributed by atoms with E-state index in [1.807, 2.05) is 30.3 Å². The van der Waals surface area contributed by atoms with Crippen molar-refractivity contribution in [3.05, 3.63) is 35.9 Å². The highest BCUT2D eigenvalue weighted by Crippen LogP contribution is 2.42. The molecule has 146 valence electrons. The Hall–Kier alpha value is -2.12. The lowest BCUT2D eigenvalue weighted by Crippen LogP contribution is -2.53. The number of benzene rings is 1. The molecule has 27 heavy (non-hydrogen) atoms. The molecule has 0 saturated carbocycles. The van der Waals surface area contributed by atoms with E-state index in [1.165, 1.54) is 4.90 Å². The van der Waals surface area contributed by atoms with E-state index in [2.05, 4.69) is 0 Å². The molecule has 3 saturated heterocycles. The summed E-state index contributed by atoms with van der Waals surface area (Å²) in [6, 6.07) is 10.0. The summed E-state index contributed by atoms with van der Waals surface area (Å²) in [5, 5.41) is 10.4. The summed E-state index contributed by atoms with van der Waals surface area (Å²) < 4.78 is 11.3. The van der Waals surface area contributed by atoms with Crippen LogP contribution in [0.25, 0.3) is 0 Å². The predicted octanol–water partition coefficient (Wildman–Crippen LogP) is 1.71. The van der Waals surface area contributed by atoms with Crippen molar-refractivity contribution in [1.29, 1.82) is 0 Å². The SMILES string of the molecule is O=C(CN1CCOC1=O)N1CCC2(CC1)C[C@H](O)C[C@H](c1ccccc1)O2. The van der Waals surface area contributed by atoms with Crippen LogP contribution in [0.5, 0.6) is 0 Å². The van der Waals surface area contributed by atoms with Gasteiger partial charge in [-0.25, -0.2) is 4.79 Å². The maximum atomic E-state index is 12.5. The smallest absolute Gasteiger partial charge is 0.410 e. The van der Waals surface area contributed by atoms with Crippen molar-refractivity contribution in [1.82, 2.24) is 9.80 Å². The third kappa shape index (κ3) is 3.94. The van der Waals surface area contributed by atoms with Crippen LogP contribution in [0.3, 0.4) is 0 Å². The zero-order chi connectivity index (χ0) is 18.9. The maximum absolute atomic E-state index is 12.5. The highest BCUT2D eigenvalue weighted by molar-refractivity contribution is 5.83. The lowest BCUT2D eigenvalue weighted by Gasteiger charge is -2.48. The molecule has 1 aromatic rings. The number of rotatable bonds is 3. The van der Waals surface area contributed by atoms with Crippen molar-refractivity contribution < 1.29 is 24.2 Å². The van der Waals surface area contributed by atoms with Crippen molar-refractivity contribution in [2.45, 2.75) is 43.5 Å². The molecule has 7 heteroatoms. The lowest BCUT2D eigenvalue weighted by molar-refractivity contribution is -0.185. The molecule has 1 N–H and O–H groups in total. The Balaban J connectivity index is 1.37. The summed E-state index contributed by atoms with van der Waals surface area (Å²) >= 11 is 0. The highest BCUT2D eigenvalue weighted by Gasteiger charge is 2.44. The van der Waals surface area contributed by atoms with E-state index in [-0.39, 0.29) is 24.2 Å². The van der Waals surface area contributed by atoms with Gasteiger partial charge in [0, 0.05) is 25.9 Å². The summed E-state index contributed by atoms with van der Waals surface area (Å²) in [7, 11) is 0. The van der Waals surface area contributed by atoms with E-state index >= 15 is 0 Å². The summed E-state index contributed by atoms with van der Waals surface area (Å²) in [5.74, 6) is -0.0559. The Labute approximate surface area is 158 Å². The van der Waals surface area contributed by atoms with E-state index in [9.17, 15) is 14.7 Å². The summed E-state index contributed by atoms with van der Waals surface area (Å²) in [6.45, 7) is 2.05. The minimum Gasteiger partial charge on any atom is -0.448 e. The van der Waals surface area contributed by atoms with Crippen LogP contribution in [0.1, 0.15) is 37.4 Å². The molecule has 4 rings (SSSR count). The molecule has 0 unspecified atom stereocenters. The molecule has 2 atom stereocenters. The average molecular weight is 374 g/mol. The minimum absolute atomic E-state index is 0.0559. The minimum atomic E-state index is -0.415. The van der Waals surface area contributed by atoms with Gasteiger partial charge in [-0.2, -0.15) is 0 Å². The molecule has 0 aromatic heterocycles. The first-order chi connectivity index (χ1) is 13.0. The highest BCUT2D eigenvalue weighted by atomic mass is 16.6. The van der Waals surface area contributed by atoms with E-state index in [1.54, 1.807) is 4.90 Å². The Morgan fingerprint density at radius 3 is 2.59 bits per heavy atom. The number of hydrogen-bond donors (Lipinski definition) is 1. The van der Waals surface area contributed by atoms with E-state index in [0.29, 0.717) is 51.9 Å². The van der Waals surface area contributed by atoms with Gasteiger partial charge >= 0.3 is 6.09 Å². The molecule has 1 aromatic carbocycles. The fourth-order valence-corrected chi connectivity index (χ4v) is 4.35. The second kappa shape index (κ2) is 7.48. The molecular formula is C20H26N2O5. The second-order valence-electron chi connectivity index (χ2n) is 7.71. The van der Waals surface area contributed by atoms with Crippen LogP contribution in [0.2, 0.25) is 0 Å². The Kier molecular flexibility index (Phi) is 5.06. The Morgan fingerprint density at radius 1 is 1.19 bits per heavy atom. The molecule has 1 spiro atoms. The molecule has 3 fully saturated rings. The van der Waals surface area contributed by atoms with Crippen LogP contribution in [-0.4, -0.2) is 71.4 Å². The Morgan fingerprint density at radius 2 is 1.93 bits per heavy atom. The van der Waals surface area contributed by atoms with Crippen LogP contribution in [-0.2, 0) is 14.3 Å². The van der Waals surface area contributed by atoms with Gasteiger partial charge in [-0.05, 0) is 18.4 Å². The molecule has 0 aliphatic carbocycles. The van der Waals surface area contributed by atoms with Crippen molar-refractivity contribution in [3.8, 4) is 0 Å². The second-order valence-corrected chi connectivity index (χ2v) is 7.71. The van der Waals surface area contributed by atoms with Crippen molar-refractivity contribution in [2.24, 2.45) is 0 Å². The Bertz CT molecular complexity index is 687.